The van der Waals surface area contributed by atoms with Crippen LogP contribution in [-0.2, 0) is 25.7 Å². The van der Waals surface area contributed by atoms with Gasteiger partial charge in [-0.3, -0.25) is 19.0 Å². The molecule has 42 heavy (non-hydrogen) atoms. The van der Waals surface area contributed by atoms with E-state index in [1.165, 1.54) is 11.3 Å². The largest absolute Gasteiger partial charge is 0.480 e. The maximum Gasteiger partial charge on any atom is 0.326 e. The molecule has 2 aromatic rings. The van der Waals surface area contributed by atoms with Crippen LogP contribution < -0.4 is 10.3 Å². The van der Waals surface area contributed by atoms with E-state index >= 15 is 0 Å². The number of nitrogens with zero attached hydrogens (tertiary/aromatic N) is 3. The van der Waals surface area contributed by atoms with Gasteiger partial charge in [0, 0.05) is 13.0 Å². The number of hydrogen-bond donors (Lipinski definition) is 1. The first-order valence-electron chi connectivity index (χ1n) is 15.4. The van der Waals surface area contributed by atoms with E-state index in [1.807, 2.05) is 26.8 Å². The molecule has 10 nitrogen and oxygen atoms in total. The monoisotopic (exact) mass is 579 g/mol. The van der Waals surface area contributed by atoms with Crippen LogP contribution in [0.15, 0.2) is 29.1 Å². The number of carbonyl (C=O) groups excluding carboxylic acids is 2. The predicted molar refractivity (Wildman–Crippen MR) is 154 cm³/mol. The topological polar surface area (TPSA) is 128 Å². The number of amides is 1. The number of hydrogen-bond acceptors (Lipinski definition) is 7. The second-order valence-corrected chi connectivity index (χ2v) is 13.7. The maximum atomic E-state index is 14.0. The molecule has 7 atom stereocenters. The molecule has 3 fully saturated rings. The molecule has 6 rings (SSSR count). The van der Waals surface area contributed by atoms with Crippen molar-refractivity contribution in [2.45, 2.75) is 96.9 Å². The van der Waals surface area contributed by atoms with Gasteiger partial charge >= 0.3 is 11.9 Å². The quantitative estimate of drug-likeness (QED) is 0.502. The van der Waals surface area contributed by atoms with Crippen LogP contribution in [0.1, 0.15) is 72.1 Å². The standard InChI is InChI=1S/C32H41N3O7/c1-32(2,3)23-16-27(36)42-26-14-18-13-22(18)20(26)9-5-4-8-12-34-28(37)21-10-6-7-11-24(21)33-31(34)41-19-15-25(30(39)40)35(17-19)29(23)38/h6-7,10-11,18-20,22-23,25-26H,4-5,8-9,12-17H2,1-3H3,(H,39,40)/t18-,19+,20+,22-,23+,25-,26+/m0/s1. The highest BCUT2D eigenvalue weighted by Gasteiger charge is 2.54. The van der Waals surface area contributed by atoms with E-state index in [0.717, 1.165) is 32.1 Å². The first-order chi connectivity index (χ1) is 20.0. The first-order valence-corrected chi connectivity index (χ1v) is 15.4. The highest BCUT2D eigenvalue weighted by molar-refractivity contribution is 5.89. The average Bonchev–Trinajstić information content (AvgIpc) is 3.41. The number of benzene rings is 1. The first kappa shape index (κ1) is 28.7. The van der Waals surface area contributed by atoms with E-state index < -0.39 is 35.4 Å². The molecule has 1 N–H and O–H groups in total. The van der Waals surface area contributed by atoms with Crippen molar-refractivity contribution in [2.75, 3.05) is 6.54 Å². The van der Waals surface area contributed by atoms with E-state index in [-0.39, 0.29) is 43.0 Å². The molecular weight excluding hydrogens is 538 g/mol. The second kappa shape index (κ2) is 11.0. The summed E-state index contributed by atoms with van der Waals surface area (Å²) in [6.07, 6.45) is 4.81. The van der Waals surface area contributed by atoms with E-state index in [4.69, 9.17) is 9.47 Å². The lowest BCUT2D eigenvalue weighted by Gasteiger charge is -2.34. The van der Waals surface area contributed by atoms with E-state index in [1.54, 1.807) is 22.8 Å². The van der Waals surface area contributed by atoms with Crippen molar-refractivity contribution in [1.82, 2.24) is 14.5 Å². The third kappa shape index (κ3) is 5.52. The average molecular weight is 580 g/mol. The molecule has 2 bridgehead atoms. The minimum Gasteiger partial charge on any atom is -0.480 e. The number of carboxylic acid groups (broad SMARTS) is 1. The molecule has 0 unspecified atom stereocenters. The summed E-state index contributed by atoms with van der Waals surface area (Å²) in [5.74, 6) is -1.14. The van der Waals surface area contributed by atoms with Gasteiger partial charge in [-0.05, 0) is 61.0 Å². The summed E-state index contributed by atoms with van der Waals surface area (Å²) >= 11 is 0. The molecule has 226 valence electrons. The van der Waals surface area contributed by atoms with E-state index in [9.17, 15) is 24.3 Å². The van der Waals surface area contributed by atoms with Gasteiger partial charge in [0.2, 0.25) is 5.91 Å². The Hall–Kier alpha value is -3.43. The van der Waals surface area contributed by atoms with Crippen LogP contribution in [0.2, 0.25) is 0 Å². The number of fused-ring (bicyclic) bond motifs is 7. The molecule has 0 radical (unpaired) electrons. The third-order valence-electron chi connectivity index (χ3n) is 9.89. The molecule has 2 aliphatic carbocycles. The summed E-state index contributed by atoms with van der Waals surface area (Å²) < 4.78 is 13.9. The summed E-state index contributed by atoms with van der Waals surface area (Å²) in [6, 6.07) is 6.16. The number of esters is 1. The molecule has 1 aromatic carbocycles. The lowest BCUT2D eigenvalue weighted by atomic mass is 9.77. The minimum atomic E-state index is -1.13. The van der Waals surface area contributed by atoms with Crippen molar-refractivity contribution < 1.29 is 29.0 Å². The number of rotatable bonds is 1. The molecule has 1 aromatic heterocycles. The Morgan fingerprint density at radius 2 is 1.79 bits per heavy atom. The Kier molecular flexibility index (Phi) is 7.51. The highest BCUT2D eigenvalue weighted by atomic mass is 16.5. The molecule has 10 heteroatoms. The summed E-state index contributed by atoms with van der Waals surface area (Å²) in [4.78, 5) is 59.1. The smallest absolute Gasteiger partial charge is 0.326 e. The summed E-state index contributed by atoms with van der Waals surface area (Å²) in [5.41, 5.74) is -0.285. The summed E-state index contributed by atoms with van der Waals surface area (Å²) in [6.45, 7) is 6.11. The fraction of sp³-hybridized carbons (Fsp3) is 0.656. The van der Waals surface area contributed by atoms with Crippen LogP contribution in [0.25, 0.3) is 10.9 Å². The van der Waals surface area contributed by atoms with Gasteiger partial charge in [0.15, 0.2) is 0 Å². The van der Waals surface area contributed by atoms with Gasteiger partial charge in [-0.15, -0.1) is 0 Å². The molecule has 0 spiro atoms. The van der Waals surface area contributed by atoms with Crippen LogP contribution in [0.4, 0.5) is 0 Å². The Morgan fingerprint density at radius 1 is 1.00 bits per heavy atom. The molecule has 1 amide bonds. The normalized spacial score (nSPS) is 32.2. The van der Waals surface area contributed by atoms with Gasteiger partial charge in [-0.25, -0.2) is 4.79 Å². The van der Waals surface area contributed by atoms with Gasteiger partial charge < -0.3 is 19.5 Å². The number of para-hydroxylation sites is 1. The van der Waals surface area contributed by atoms with Gasteiger partial charge in [0.1, 0.15) is 18.2 Å². The number of aliphatic carboxylic acids is 1. The third-order valence-corrected chi connectivity index (χ3v) is 9.89. The van der Waals surface area contributed by atoms with Gasteiger partial charge in [0.05, 0.1) is 29.8 Å². The van der Waals surface area contributed by atoms with Crippen LogP contribution in [0.3, 0.4) is 0 Å². The van der Waals surface area contributed by atoms with Crippen molar-refractivity contribution in [3.05, 3.63) is 34.6 Å². The Balaban J connectivity index is 1.35. The lowest BCUT2D eigenvalue weighted by molar-refractivity contribution is -0.159. The van der Waals surface area contributed by atoms with Crippen molar-refractivity contribution in [3.8, 4) is 6.01 Å². The van der Waals surface area contributed by atoms with Crippen molar-refractivity contribution >= 4 is 28.7 Å². The van der Waals surface area contributed by atoms with E-state index in [2.05, 4.69) is 4.98 Å². The van der Waals surface area contributed by atoms with Crippen LogP contribution in [-0.4, -0.2) is 62.2 Å². The molecular formula is C32H41N3O7. The van der Waals surface area contributed by atoms with Crippen molar-refractivity contribution in [2.24, 2.45) is 29.1 Å². The van der Waals surface area contributed by atoms with Crippen molar-refractivity contribution in [3.63, 3.8) is 0 Å². The fourth-order valence-corrected chi connectivity index (χ4v) is 7.47. The molecule has 2 saturated carbocycles. The molecule has 1 saturated heterocycles. The molecule has 4 aliphatic rings. The van der Waals surface area contributed by atoms with Crippen molar-refractivity contribution in [1.29, 1.82) is 0 Å². The Morgan fingerprint density at radius 3 is 2.55 bits per heavy atom. The number of carbonyl (C=O) groups is 3. The maximum absolute atomic E-state index is 14.0. The van der Waals surface area contributed by atoms with Gasteiger partial charge in [0.25, 0.3) is 11.6 Å². The fourth-order valence-electron chi connectivity index (χ4n) is 7.47. The van der Waals surface area contributed by atoms with E-state index in [0.29, 0.717) is 35.2 Å². The van der Waals surface area contributed by atoms with Crippen LogP contribution >= 0.6 is 0 Å². The molecule has 2 aliphatic heterocycles. The zero-order valence-corrected chi connectivity index (χ0v) is 24.7. The minimum absolute atomic E-state index is 0.0220. The Labute approximate surface area is 245 Å². The second-order valence-electron chi connectivity index (χ2n) is 13.7. The predicted octanol–water partition coefficient (Wildman–Crippen LogP) is 4.02. The van der Waals surface area contributed by atoms with Gasteiger partial charge in [-0.1, -0.05) is 45.7 Å². The summed E-state index contributed by atoms with van der Waals surface area (Å²) in [5, 5.41) is 10.6. The number of ether oxygens (including phenoxy) is 2. The summed E-state index contributed by atoms with van der Waals surface area (Å²) in [7, 11) is 0. The number of carboxylic acids is 1. The zero-order valence-electron chi connectivity index (χ0n) is 24.7. The lowest BCUT2D eigenvalue weighted by Crippen LogP contribution is -2.47. The number of aromatic nitrogens is 2. The van der Waals surface area contributed by atoms with Gasteiger partial charge in [-0.2, -0.15) is 4.98 Å². The van der Waals surface area contributed by atoms with Crippen LogP contribution in [0, 0.1) is 29.1 Å². The molecule has 3 heterocycles. The van der Waals surface area contributed by atoms with Crippen LogP contribution in [0.5, 0.6) is 6.01 Å². The SMILES string of the molecule is CC(C)(C)[C@@H]1CC(=O)O[C@@H]2C[C@@H]3C[C@@H]3[C@H]2CCCCCn2c(nc3ccccc3c2=O)O[C@@H]2C[C@@H](C(=O)O)N(C2)C1=O. The zero-order chi connectivity index (χ0) is 29.8. The Bertz CT molecular complexity index is 1450. The highest BCUT2D eigenvalue weighted by Crippen LogP contribution is 2.57.